The molecule has 0 aliphatic heterocycles. The molecule has 112 valence electrons. The number of carbonyl (C=O) groups is 1. The highest BCUT2D eigenvalue weighted by molar-refractivity contribution is 9.10. The average Bonchev–Trinajstić information content (AvgIpc) is 2.36. The second-order valence-corrected chi connectivity index (χ2v) is 5.99. The first-order valence-electron chi connectivity index (χ1n) is 6.05. The van der Waals surface area contributed by atoms with Gasteiger partial charge in [0, 0.05) is 16.1 Å². The van der Waals surface area contributed by atoms with E-state index in [1.54, 1.807) is 26.0 Å². The minimum absolute atomic E-state index is 0.0730. The highest BCUT2D eigenvalue weighted by Crippen LogP contribution is 2.40. The molecule has 1 unspecified atom stereocenters. The van der Waals surface area contributed by atoms with Gasteiger partial charge in [-0.05, 0) is 26.3 Å². The van der Waals surface area contributed by atoms with Crippen LogP contribution >= 0.6 is 15.9 Å². The Bertz CT molecular complexity index is 499. The Balaban J connectivity index is 3.15. The van der Waals surface area contributed by atoms with Gasteiger partial charge in [0.1, 0.15) is 11.5 Å². The number of aliphatic hydroxyl groups is 1. The third-order valence-electron chi connectivity index (χ3n) is 3.14. The first-order chi connectivity index (χ1) is 9.22. The van der Waals surface area contributed by atoms with E-state index in [1.165, 1.54) is 14.2 Å². The number of carboxylic acids is 1. The van der Waals surface area contributed by atoms with Crippen LogP contribution < -0.4 is 9.47 Å². The van der Waals surface area contributed by atoms with E-state index in [0.717, 1.165) is 0 Å². The minimum Gasteiger partial charge on any atom is -0.497 e. The second-order valence-electron chi connectivity index (χ2n) is 5.13. The van der Waals surface area contributed by atoms with Crippen LogP contribution in [0.25, 0.3) is 0 Å². The van der Waals surface area contributed by atoms with E-state index in [2.05, 4.69) is 15.9 Å². The standard InChI is InChI=1S/C14H19BrO5/c1-14(2,13(17)18)7-10(16)12-9(15)5-8(19-3)6-11(12)20-4/h5-6,10,16H,7H2,1-4H3,(H,17,18). The number of aliphatic hydroxyl groups excluding tert-OH is 1. The number of hydrogen-bond donors (Lipinski definition) is 2. The zero-order valence-corrected chi connectivity index (χ0v) is 13.5. The number of halogens is 1. The first-order valence-corrected chi connectivity index (χ1v) is 6.85. The number of carboxylic acid groups (broad SMARTS) is 1. The SMILES string of the molecule is COc1cc(Br)c(C(O)CC(C)(C)C(=O)O)c(OC)c1. The zero-order chi connectivity index (χ0) is 15.5. The summed E-state index contributed by atoms with van der Waals surface area (Å²) in [6.07, 6.45) is -0.889. The van der Waals surface area contributed by atoms with Gasteiger partial charge in [0.05, 0.1) is 25.7 Å². The van der Waals surface area contributed by atoms with Crippen LogP contribution in [0.5, 0.6) is 11.5 Å². The van der Waals surface area contributed by atoms with Gasteiger partial charge >= 0.3 is 5.97 Å². The van der Waals surface area contributed by atoms with Crippen LogP contribution in [0.15, 0.2) is 16.6 Å². The summed E-state index contributed by atoms with van der Waals surface area (Å²) in [5.41, 5.74) is -0.522. The molecule has 0 heterocycles. The Kier molecular flexibility index (Phi) is 5.42. The number of ether oxygens (including phenoxy) is 2. The van der Waals surface area contributed by atoms with Crippen LogP contribution in [0, 0.1) is 5.41 Å². The molecule has 1 atom stereocenters. The van der Waals surface area contributed by atoms with Crippen molar-refractivity contribution in [2.24, 2.45) is 5.41 Å². The van der Waals surface area contributed by atoms with Crippen molar-refractivity contribution >= 4 is 21.9 Å². The molecule has 0 spiro atoms. The van der Waals surface area contributed by atoms with E-state index in [-0.39, 0.29) is 6.42 Å². The molecule has 5 nitrogen and oxygen atoms in total. The topological polar surface area (TPSA) is 76.0 Å². The third kappa shape index (κ3) is 3.64. The van der Waals surface area contributed by atoms with Gasteiger partial charge in [-0.3, -0.25) is 4.79 Å². The largest absolute Gasteiger partial charge is 0.497 e. The number of benzene rings is 1. The summed E-state index contributed by atoms with van der Waals surface area (Å²) in [6.45, 7) is 3.14. The smallest absolute Gasteiger partial charge is 0.309 e. The van der Waals surface area contributed by atoms with Gasteiger partial charge in [0.15, 0.2) is 0 Å². The Morgan fingerprint density at radius 3 is 2.40 bits per heavy atom. The molecule has 2 N–H and O–H groups in total. The van der Waals surface area contributed by atoms with E-state index in [9.17, 15) is 9.90 Å². The van der Waals surface area contributed by atoms with Crippen molar-refractivity contribution in [1.29, 1.82) is 0 Å². The summed E-state index contributed by atoms with van der Waals surface area (Å²) in [5, 5.41) is 19.5. The molecule has 1 rings (SSSR count). The van der Waals surface area contributed by atoms with Crippen molar-refractivity contribution in [3.05, 3.63) is 22.2 Å². The molecule has 0 amide bonds. The molecule has 0 aromatic heterocycles. The summed E-state index contributed by atoms with van der Waals surface area (Å²) in [6, 6.07) is 3.35. The predicted octanol–water partition coefficient (Wildman–Crippen LogP) is 3.00. The van der Waals surface area contributed by atoms with E-state index < -0.39 is 17.5 Å². The van der Waals surface area contributed by atoms with Crippen molar-refractivity contribution in [2.45, 2.75) is 26.4 Å². The van der Waals surface area contributed by atoms with Crippen molar-refractivity contribution < 1.29 is 24.5 Å². The second kappa shape index (κ2) is 6.45. The predicted molar refractivity (Wildman–Crippen MR) is 78.2 cm³/mol. The molecule has 20 heavy (non-hydrogen) atoms. The highest BCUT2D eigenvalue weighted by atomic mass is 79.9. The Hall–Kier alpha value is -1.27. The summed E-state index contributed by atoms with van der Waals surface area (Å²) in [5.74, 6) is 0.0761. The quantitative estimate of drug-likeness (QED) is 0.827. The number of rotatable bonds is 6. The molecular weight excluding hydrogens is 328 g/mol. The molecular formula is C14H19BrO5. The fourth-order valence-corrected chi connectivity index (χ4v) is 2.54. The fourth-order valence-electron chi connectivity index (χ4n) is 1.85. The fraction of sp³-hybridized carbons (Fsp3) is 0.500. The van der Waals surface area contributed by atoms with Gasteiger partial charge < -0.3 is 19.7 Å². The monoisotopic (exact) mass is 346 g/mol. The lowest BCUT2D eigenvalue weighted by molar-refractivity contribution is -0.148. The number of hydrogen-bond acceptors (Lipinski definition) is 4. The van der Waals surface area contributed by atoms with E-state index in [0.29, 0.717) is 21.5 Å². The Morgan fingerprint density at radius 1 is 1.35 bits per heavy atom. The van der Waals surface area contributed by atoms with E-state index in [4.69, 9.17) is 14.6 Å². The molecule has 0 aliphatic carbocycles. The summed E-state index contributed by atoms with van der Waals surface area (Å²) in [7, 11) is 3.02. The molecule has 6 heteroatoms. The van der Waals surface area contributed by atoms with Crippen molar-refractivity contribution in [2.75, 3.05) is 14.2 Å². The van der Waals surface area contributed by atoms with Crippen LogP contribution in [-0.4, -0.2) is 30.4 Å². The van der Waals surface area contributed by atoms with Crippen LogP contribution in [-0.2, 0) is 4.79 Å². The summed E-state index contributed by atoms with van der Waals surface area (Å²) >= 11 is 3.36. The molecule has 0 radical (unpaired) electrons. The maximum absolute atomic E-state index is 11.2. The van der Waals surface area contributed by atoms with E-state index in [1.807, 2.05) is 0 Å². The van der Waals surface area contributed by atoms with Gasteiger partial charge in [-0.2, -0.15) is 0 Å². The van der Waals surface area contributed by atoms with Crippen molar-refractivity contribution in [3.63, 3.8) is 0 Å². The Labute approximate surface area is 126 Å². The first kappa shape index (κ1) is 16.8. The highest BCUT2D eigenvalue weighted by Gasteiger charge is 2.32. The molecule has 0 saturated heterocycles. The van der Waals surface area contributed by atoms with Gasteiger partial charge in [-0.15, -0.1) is 0 Å². The summed E-state index contributed by atoms with van der Waals surface area (Å²) in [4.78, 5) is 11.2. The zero-order valence-electron chi connectivity index (χ0n) is 11.9. The Morgan fingerprint density at radius 2 is 1.95 bits per heavy atom. The molecule has 0 saturated carbocycles. The maximum Gasteiger partial charge on any atom is 0.309 e. The number of methoxy groups -OCH3 is 2. The van der Waals surface area contributed by atoms with Crippen molar-refractivity contribution in [3.8, 4) is 11.5 Å². The van der Waals surface area contributed by atoms with Crippen LogP contribution in [0.2, 0.25) is 0 Å². The van der Waals surface area contributed by atoms with Gasteiger partial charge in [-0.25, -0.2) is 0 Å². The van der Waals surface area contributed by atoms with E-state index >= 15 is 0 Å². The lowest BCUT2D eigenvalue weighted by Crippen LogP contribution is -2.26. The van der Waals surface area contributed by atoms with Crippen LogP contribution in [0.1, 0.15) is 31.9 Å². The molecule has 0 fully saturated rings. The average molecular weight is 347 g/mol. The van der Waals surface area contributed by atoms with Gasteiger partial charge in [0.25, 0.3) is 0 Å². The van der Waals surface area contributed by atoms with Crippen molar-refractivity contribution in [1.82, 2.24) is 0 Å². The van der Waals surface area contributed by atoms with Gasteiger partial charge in [-0.1, -0.05) is 15.9 Å². The van der Waals surface area contributed by atoms with Gasteiger partial charge in [0.2, 0.25) is 0 Å². The molecule has 0 bridgehead atoms. The van der Waals surface area contributed by atoms with Crippen LogP contribution in [0.3, 0.4) is 0 Å². The summed E-state index contributed by atoms with van der Waals surface area (Å²) < 4.78 is 11.0. The number of aliphatic carboxylic acids is 1. The minimum atomic E-state index is -1.04. The van der Waals surface area contributed by atoms with Crippen LogP contribution in [0.4, 0.5) is 0 Å². The molecule has 1 aromatic carbocycles. The lowest BCUT2D eigenvalue weighted by atomic mass is 9.84. The maximum atomic E-state index is 11.2. The molecule has 1 aromatic rings. The molecule has 0 aliphatic rings. The lowest BCUT2D eigenvalue weighted by Gasteiger charge is -2.25. The normalized spacial score (nSPS) is 12.9. The third-order valence-corrected chi connectivity index (χ3v) is 3.79.